The summed E-state index contributed by atoms with van der Waals surface area (Å²) in [6, 6.07) is 2.17. The Morgan fingerprint density at radius 1 is 1.39 bits per heavy atom. The quantitative estimate of drug-likeness (QED) is 0.841. The molecule has 3 N–H and O–H groups in total. The third-order valence-corrected chi connectivity index (χ3v) is 3.92. The molecule has 2 aromatic rings. The van der Waals surface area contributed by atoms with Crippen molar-refractivity contribution in [2.75, 3.05) is 5.32 Å². The monoisotopic (exact) mass is 278 g/mol. The number of aryl methyl sites for hydroxylation is 2. The van der Waals surface area contributed by atoms with Gasteiger partial charge in [0.25, 0.3) is 0 Å². The van der Waals surface area contributed by atoms with Gasteiger partial charge >= 0.3 is 0 Å². The molecule has 0 aliphatic carbocycles. The van der Waals surface area contributed by atoms with Gasteiger partial charge in [-0.3, -0.25) is 0 Å². The molecule has 0 bridgehead atoms. The minimum absolute atomic E-state index is 0.254. The molecule has 0 amide bonds. The fraction of sp³-hybridized carbons (Fsp3) is 0.250. The average Bonchev–Trinajstić information content (AvgIpc) is 2.66. The zero-order valence-corrected chi connectivity index (χ0v) is 11.9. The smallest absolute Gasteiger partial charge is 0.155 e. The molecule has 2 aromatic heterocycles. The molecule has 4 nitrogen and oxygen atoms in total. The minimum atomic E-state index is 0.254. The molecule has 0 unspecified atom stereocenters. The Morgan fingerprint density at radius 2 is 2.11 bits per heavy atom. The molecule has 2 heterocycles. The van der Waals surface area contributed by atoms with Gasteiger partial charge in [-0.15, -0.1) is 11.3 Å². The van der Waals surface area contributed by atoms with Crippen molar-refractivity contribution in [1.29, 1.82) is 0 Å². The van der Waals surface area contributed by atoms with Gasteiger partial charge in [-0.05, 0) is 25.5 Å². The van der Waals surface area contributed by atoms with Gasteiger partial charge in [0, 0.05) is 22.1 Å². The third kappa shape index (κ3) is 2.83. The Balaban J connectivity index is 2.13. The van der Waals surface area contributed by atoms with Gasteiger partial charge in [-0.2, -0.15) is 0 Å². The van der Waals surface area contributed by atoms with Crippen LogP contribution in [0, 0.1) is 13.8 Å². The fourth-order valence-corrected chi connectivity index (χ4v) is 2.70. The van der Waals surface area contributed by atoms with E-state index in [-0.39, 0.29) is 4.99 Å². The van der Waals surface area contributed by atoms with Crippen molar-refractivity contribution in [3.63, 3.8) is 0 Å². The van der Waals surface area contributed by atoms with Crippen LogP contribution >= 0.6 is 23.6 Å². The standard InChI is InChI=1S/C12H14N4S2/c1-7-5-9(18-8(7)2)6-16-12-10(11(13)17)14-3-4-15-12/h3-5H,6H2,1-2H3,(H2,13,17)(H,15,16). The van der Waals surface area contributed by atoms with E-state index in [0.29, 0.717) is 18.1 Å². The fourth-order valence-electron chi connectivity index (χ4n) is 1.56. The summed E-state index contributed by atoms with van der Waals surface area (Å²) in [5.41, 5.74) is 7.45. The number of thiophene rings is 1. The zero-order valence-electron chi connectivity index (χ0n) is 10.2. The summed E-state index contributed by atoms with van der Waals surface area (Å²) in [6.07, 6.45) is 3.20. The topological polar surface area (TPSA) is 63.8 Å². The molecule has 94 valence electrons. The number of hydrogen-bond donors (Lipinski definition) is 2. The summed E-state index contributed by atoms with van der Waals surface area (Å²) < 4.78 is 0. The molecule has 0 aliphatic heterocycles. The van der Waals surface area contributed by atoms with Crippen molar-refractivity contribution in [2.45, 2.75) is 20.4 Å². The van der Waals surface area contributed by atoms with Crippen molar-refractivity contribution in [3.05, 3.63) is 39.5 Å². The van der Waals surface area contributed by atoms with E-state index < -0.39 is 0 Å². The van der Waals surface area contributed by atoms with E-state index in [1.54, 1.807) is 23.7 Å². The molecule has 6 heteroatoms. The van der Waals surface area contributed by atoms with Gasteiger partial charge < -0.3 is 11.1 Å². The van der Waals surface area contributed by atoms with E-state index >= 15 is 0 Å². The average molecular weight is 278 g/mol. The molecule has 0 atom stereocenters. The largest absolute Gasteiger partial charge is 0.388 e. The number of aromatic nitrogens is 2. The van der Waals surface area contributed by atoms with E-state index in [1.165, 1.54) is 15.3 Å². The zero-order chi connectivity index (χ0) is 13.1. The summed E-state index contributed by atoms with van der Waals surface area (Å²) >= 11 is 6.72. The van der Waals surface area contributed by atoms with Crippen molar-refractivity contribution >= 4 is 34.4 Å². The lowest BCUT2D eigenvalue weighted by molar-refractivity contribution is 1.10. The first-order valence-electron chi connectivity index (χ1n) is 5.48. The van der Waals surface area contributed by atoms with Crippen molar-refractivity contribution in [2.24, 2.45) is 5.73 Å². The van der Waals surface area contributed by atoms with Gasteiger partial charge in [0.05, 0.1) is 6.54 Å². The second kappa shape index (κ2) is 5.41. The maximum absolute atomic E-state index is 5.60. The van der Waals surface area contributed by atoms with E-state index in [2.05, 4.69) is 35.2 Å². The number of nitrogens with one attached hydrogen (secondary N) is 1. The Kier molecular flexibility index (Phi) is 3.88. The van der Waals surface area contributed by atoms with Crippen LogP contribution in [0.2, 0.25) is 0 Å². The molecular formula is C12H14N4S2. The summed E-state index contributed by atoms with van der Waals surface area (Å²) in [4.78, 5) is 11.2. The van der Waals surface area contributed by atoms with Gasteiger partial charge in [-0.1, -0.05) is 12.2 Å². The Hall–Kier alpha value is -1.53. The molecule has 0 spiro atoms. The molecule has 18 heavy (non-hydrogen) atoms. The lowest BCUT2D eigenvalue weighted by Gasteiger charge is -2.07. The number of thiocarbonyl (C=S) groups is 1. The second-order valence-corrected chi connectivity index (χ2v) is 5.70. The highest BCUT2D eigenvalue weighted by molar-refractivity contribution is 7.80. The first-order valence-corrected chi connectivity index (χ1v) is 6.71. The van der Waals surface area contributed by atoms with Crippen LogP contribution in [0.4, 0.5) is 5.82 Å². The SMILES string of the molecule is Cc1cc(CNc2nccnc2C(N)=S)sc1C. The highest BCUT2D eigenvalue weighted by Gasteiger charge is 2.08. The van der Waals surface area contributed by atoms with E-state index in [9.17, 15) is 0 Å². The normalized spacial score (nSPS) is 10.3. The number of anilines is 1. The van der Waals surface area contributed by atoms with Gasteiger partial charge in [-0.25, -0.2) is 9.97 Å². The molecule has 0 saturated heterocycles. The molecular weight excluding hydrogens is 264 g/mol. The Morgan fingerprint density at radius 3 is 2.72 bits per heavy atom. The van der Waals surface area contributed by atoms with Crippen LogP contribution in [-0.2, 0) is 6.54 Å². The molecule has 0 fully saturated rings. The summed E-state index contributed by atoms with van der Waals surface area (Å²) in [6.45, 7) is 4.93. The van der Waals surface area contributed by atoms with Crippen LogP contribution < -0.4 is 11.1 Å². The van der Waals surface area contributed by atoms with Gasteiger partial charge in [0.1, 0.15) is 10.7 Å². The van der Waals surface area contributed by atoms with Crippen molar-refractivity contribution in [1.82, 2.24) is 9.97 Å². The van der Waals surface area contributed by atoms with Crippen LogP contribution in [0.1, 0.15) is 21.0 Å². The minimum Gasteiger partial charge on any atom is -0.388 e. The number of rotatable bonds is 4. The number of nitrogens with zero attached hydrogens (tertiary/aromatic N) is 2. The first-order chi connectivity index (χ1) is 8.58. The van der Waals surface area contributed by atoms with Crippen LogP contribution in [0.3, 0.4) is 0 Å². The van der Waals surface area contributed by atoms with E-state index in [4.69, 9.17) is 18.0 Å². The maximum atomic E-state index is 5.60. The lowest BCUT2D eigenvalue weighted by Crippen LogP contribution is -2.16. The second-order valence-electron chi connectivity index (χ2n) is 3.92. The molecule has 0 saturated carbocycles. The molecule has 0 radical (unpaired) electrons. The van der Waals surface area contributed by atoms with Crippen LogP contribution in [-0.4, -0.2) is 15.0 Å². The number of nitrogens with two attached hydrogens (primary N) is 1. The highest BCUT2D eigenvalue weighted by Crippen LogP contribution is 2.21. The maximum Gasteiger partial charge on any atom is 0.155 e. The predicted molar refractivity (Wildman–Crippen MR) is 79.0 cm³/mol. The van der Waals surface area contributed by atoms with Crippen LogP contribution in [0.15, 0.2) is 18.5 Å². The highest BCUT2D eigenvalue weighted by atomic mass is 32.1. The van der Waals surface area contributed by atoms with Gasteiger partial charge in [0.2, 0.25) is 0 Å². The first kappa shape index (κ1) is 12.9. The summed E-state index contributed by atoms with van der Waals surface area (Å²) in [5, 5.41) is 3.22. The summed E-state index contributed by atoms with van der Waals surface area (Å²) in [7, 11) is 0. The molecule has 0 aliphatic rings. The molecule has 0 aromatic carbocycles. The lowest BCUT2D eigenvalue weighted by atomic mass is 10.3. The number of hydrogen-bond acceptors (Lipinski definition) is 5. The van der Waals surface area contributed by atoms with E-state index in [1.807, 2.05) is 0 Å². The third-order valence-electron chi connectivity index (χ3n) is 2.58. The predicted octanol–water partition coefficient (Wildman–Crippen LogP) is 2.40. The van der Waals surface area contributed by atoms with Crippen LogP contribution in [0.5, 0.6) is 0 Å². The van der Waals surface area contributed by atoms with Crippen molar-refractivity contribution in [3.8, 4) is 0 Å². The molecule has 2 rings (SSSR count). The van der Waals surface area contributed by atoms with Gasteiger partial charge in [0.15, 0.2) is 5.82 Å². The Labute approximate surface area is 115 Å². The Bertz CT molecular complexity index is 558. The van der Waals surface area contributed by atoms with Crippen LogP contribution in [0.25, 0.3) is 0 Å². The van der Waals surface area contributed by atoms with Crippen molar-refractivity contribution < 1.29 is 0 Å². The summed E-state index contributed by atoms with van der Waals surface area (Å²) in [5.74, 6) is 0.633. The van der Waals surface area contributed by atoms with E-state index in [0.717, 1.165) is 0 Å².